The lowest BCUT2D eigenvalue weighted by Crippen LogP contribution is -2.46. The zero-order valence-electron chi connectivity index (χ0n) is 16.0. The van der Waals surface area contributed by atoms with Gasteiger partial charge in [-0.15, -0.1) is 0 Å². The van der Waals surface area contributed by atoms with Crippen LogP contribution < -0.4 is 5.73 Å². The van der Waals surface area contributed by atoms with Crippen LogP contribution in [0.2, 0.25) is 0 Å². The summed E-state index contributed by atoms with van der Waals surface area (Å²) in [4.78, 5) is 5.10. The Morgan fingerprint density at radius 3 is 2.48 bits per heavy atom. The number of hydrogen-bond acceptors (Lipinski definition) is 3. The average molecular weight is 398 g/mol. The Labute approximate surface area is 167 Å². The molecule has 1 aliphatic heterocycles. The Morgan fingerprint density at radius 2 is 1.90 bits per heavy atom. The summed E-state index contributed by atoms with van der Waals surface area (Å²) in [6, 6.07) is 10.7. The molecule has 0 bridgehead atoms. The molecule has 0 aliphatic carbocycles. The van der Waals surface area contributed by atoms with Crippen LogP contribution in [-0.2, 0) is 4.84 Å². The Balaban J connectivity index is 2.13. The molecule has 1 aliphatic rings. The van der Waals surface area contributed by atoms with Crippen molar-refractivity contribution >= 4 is 22.2 Å². The molecule has 0 saturated heterocycles. The summed E-state index contributed by atoms with van der Waals surface area (Å²) < 4.78 is 42.3. The van der Waals surface area contributed by atoms with Crippen molar-refractivity contribution in [3.8, 4) is 0 Å². The van der Waals surface area contributed by atoms with Gasteiger partial charge in [-0.2, -0.15) is 13.2 Å². The summed E-state index contributed by atoms with van der Waals surface area (Å²) >= 11 is 0. The van der Waals surface area contributed by atoms with Crippen LogP contribution >= 0.6 is 0 Å². The highest BCUT2D eigenvalue weighted by Gasteiger charge is 2.62. The van der Waals surface area contributed by atoms with Gasteiger partial charge in [-0.1, -0.05) is 79.0 Å². The fourth-order valence-electron chi connectivity index (χ4n) is 3.45. The first kappa shape index (κ1) is 20.5. The van der Waals surface area contributed by atoms with Crippen molar-refractivity contribution < 1.29 is 18.0 Å². The number of fused-ring (bicyclic) bond motifs is 1. The van der Waals surface area contributed by atoms with Crippen molar-refractivity contribution in [1.29, 1.82) is 0 Å². The van der Waals surface area contributed by atoms with Crippen LogP contribution in [-0.4, -0.2) is 17.5 Å². The zero-order valence-corrected chi connectivity index (χ0v) is 16.0. The van der Waals surface area contributed by atoms with Crippen molar-refractivity contribution in [2.24, 2.45) is 10.9 Å². The number of halogens is 3. The monoisotopic (exact) mass is 398 g/mol. The molecular weight excluding hydrogens is 377 g/mol. The molecule has 1 atom stereocenters. The van der Waals surface area contributed by atoms with E-state index in [2.05, 4.69) is 18.3 Å². The topological polar surface area (TPSA) is 47.6 Å². The molecule has 150 valence electrons. The van der Waals surface area contributed by atoms with Crippen LogP contribution in [0.4, 0.5) is 13.2 Å². The van der Waals surface area contributed by atoms with E-state index in [0.29, 0.717) is 11.3 Å². The van der Waals surface area contributed by atoms with Gasteiger partial charge in [0.2, 0.25) is 0 Å². The molecular formula is C23H21F3N2O. The normalized spacial score (nSPS) is 20.0. The maximum Gasteiger partial charge on any atom is 0.435 e. The number of alkyl halides is 3. The molecule has 0 saturated carbocycles. The number of oxime groups is 1. The van der Waals surface area contributed by atoms with Crippen molar-refractivity contribution in [2.45, 2.75) is 25.1 Å². The maximum atomic E-state index is 14.1. The molecule has 29 heavy (non-hydrogen) atoms. The van der Waals surface area contributed by atoms with Gasteiger partial charge in [0.15, 0.2) is 0 Å². The molecule has 0 spiro atoms. The number of hydrogen-bond donors (Lipinski definition) is 1. The fraction of sp³-hybridized carbons (Fsp3) is 0.174. The number of benzene rings is 2. The van der Waals surface area contributed by atoms with E-state index in [1.165, 1.54) is 12.2 Å². The molecule has 0 aromatic heterocycles. The lowest BCUT2D eigenvalue weighted by Gasteiger charge is -2.30. The van der Waals surface area contributed by atoms with Gasteiger partial charge in [-0.25, -0.2) is 0 Å². The van der Waals surface area contributed by atoms with Crippen molar-refractivity contribution in [3.63, 3.8) is 0 Å². The van der Waals surface area contributed by atoms with Crippen LogP contribution in [0.3, 0.4) is 0 Å². The minimum Gasteiger partial charge on any atom is -0.399 e. The highest BCUT2D eigenvalue weighted by atomic mass is 19.4. The number of nitrogens with zero attached hydrogens (tertiary/aromatic N) is 1. The second kappa shape index (κ2) is 7.62. The largest absolute Gasteiger partial charge is 0.435 e. The summed E-state index contributed by atoms with van der Waals surface area (Å²) in [5, 5.41) is 5.38. The van der Waals surface area contributed by atoms with E-state index in [1.807, 2.05) is 24.3 Å². The smallest absolute Gasteiger partial charge is 0.399 e. The quantitative estimate of drug-likeness (QED) is 0.639. The van der Waals surface area contributed by atoms with Gasteiger partial charge in [0, 0.05) is 28.8 Å². The summed E-state index contributed by atoms with van der Waals surface area (Å²) in [6.07, 6.45) is 0.517. The van der Waals surface area contributed by atoms with Crippen molar-refractivity contribution in [1.82, 2.24) is 0 Å². The summed E-state index contributed by atoms with van der Waals surface area (Å²) in [5.74, 6) is 0. The van der Waals surface area contributed by atoms with Gasteiger partial charge in [0.25, 0.3) is 5.60 Å². The van der Waals surface area contributed by atoms with Gasteiger partial charge in [-0.05, 0) is 17.7 Å². The molecule has 0 radical (unpaired) electrons. The molecule has 1 unspecified atom stereocenters. The first-order valence-corrected chi connectivity index (χ1v) is 8.99. The lowest BCUT2D eigenvalue weighted by molar-refractivity contribution is -0.251. The van der Waals surface area contributed by atoms with Crippen LogP contribution in [0.15, 0.2) is 84.6 Å². The molecule has 0 fully saturated rings. The Kier molecular flexibility index (Phi) is 5.38. The maximum absolute atomic E-state index is 14.1. The molecule has 1 heterocycles. The third-order valence-electron chi connectivity index (χ3n) is 4.92. The highest BCUT2D eigenvalue weighted by molar-refractivity contribution is 6.13. The van der Waals surface area contributed by atoms with E-state index in [9.17, 15) is 13.2 Å². The summed E-state index contributed by atoms with van der Waals surface area (Å²) in [5.41, 5.74) is 5.06. The number of rotatable bonds is 5. The molecule has 3 rings (SSSR count). The average Bonchev–Trinajstić information content (AvgIpc) is 3.14. The number of nitrogens with two attached hydrogens (primary N) is 1. The molecule has 2 aromatic carbocycles. The predicted octanol–water partition coefficient (Wildman–Crippen LogP) is 5.88. The van der Waals surface area contributed by atoms with E-state index in [-0.39, 0.29) is 11.3 Å². The zero-order chi connectivity index (χ0) is 21.2. The van der Waals surface area contributed by atoms with Gasteiger partial charge < -0.3 is 10.6 Å². The molecule has 2 aromatic rings. The lowest BCUT2D eigenvalue weighted by atomic mass is 9.84. The fourth-order valence-corrected chi connectivity index (χ4v) is 3.45. The SMILES string of the molecule is C=C/C(=C\C=C/C)C1(C(F)(F)F)CC(c2ccc(C(=C)N)c3ccccc23)=NO1. The van der Waals surface area contributed by atoms with E-state index in [0.717, 1.165) is 22.4 Å². The Hall–Kier alpha value is -3.28. The molecule has 0 amide bonds. The summed E-state index contributed by atoms with van der Waals surface area (Å²) in [6.45, 7) is 9.03. The first-order valence-electron chi connectivity index (χ1n) is 8.99. The minimum atomic E-state index is -4.68. The van der Waals surface area contributed by atoms with Crippen LogP contribution in [0, 0.1) is 0 Å². The van der Waals surface area contributed by atoms with Crippen LogP contribution in [0.5, 0.6) is 0 Å². The Bertz CT molecular complexity index is 1060. The van der Waals surface area contributed by atoms with E-state index in [4.69, 9.17) is 10.6 Å². The van der Waals surface area contributed by atoms with E-state index < -0.39 is 18.2 Å². The Morgan fingerprint density at radius 1 is 1.21 bits per heavy atom. The molecule has 6 heteroatoms. The number of allylic oxidation sites excluding steroid dienone is 3. The van der Waals surface area contributed by atoms with E-state index in [1.54, 1.807) is 25.1 Å². The standard InChI is InChI=1S/C23H21F3N2O/c1-4-6-9-16(5-2)22(23(24,25)26)14-21(28-29-22)20-13-12-17(15(3)27)18-10-7-8-11-19(18)20/h4-13H,2-3,14,27H2,1H3/b6-4-,16-9+. The third kappa shape index (κ3) is 3.46. The second-order valence-electron chi connectivity index (χ2n) is 6.71. The van der Waals surface area contributed by atoms with Gasteiger partial charge in [-0.3, -0.25) is 0 Å². The first-order chi connectivity index (χ1) is 13.7. The van der Waals surface area contributed by atoms with Crippen LogP contribution in [0.1, 0.15) is 24.5 Å². The molecule has 2 N–H and O–H groups in total. The van der Waals surface area contributed by atoms with Gasteiger partial charge in [0.05, 0.1) is 5.71 Å². The van der Waals surface area contributed by atoms with Crippen molar-refractivity contribution in [3.05, 3.63) is 90.6 Å². The second-order valence-corrected chi connectivity index (χ2v) is 6.71. The minimum absolute atomic E-state index is 0.0990. The molecule has 3 nitrogen and oxygen atoms in total. The predicted molar refractivity (Wildman–Crippen MR) is 111 cm³/mol. The van der Waals surface area contributed by atoms with Crippen LogP contribution in [0.25, 0.3) is 16.5 Å². The summed E-state index contributed by atoms with van der Waals surface area (Å²) in [7, 11) is 0. The van der Waals surface area contributed by atoms with Gasteiger partial charge in [0.1, 0.15) is 0 Å². The highest BCUT2D eigenvalue weighted by Crippen LogP contribution is 2.47. The van der Waals surface area contributed by atoms with Gasteiger partial charge >= 0.3 is 6.18 Å². The van der Waals surface area contributed by atoms with Crippen molar-refractivity contribution in [2.75, 3.05) is 0 Å². The van der Waals surface area contributed by atoms with E-state index >= 15 is 0 Å². The third-order valence-corrected chi connectivity index (χ3v) is 4.92.